The predicted molar refractivity (Wildman–Crippen MR) is 102 cm³/mol. The van der Waals surface area contributed by atoms with E-state index in [1.54, 1.807) is 0 Å². The lowest BCUT2D eigenvalue weighted by atomic mass is 10.2. The molecule has 1 amide bonds. The van der Waals surface area contributed by atoms with E-state index in [9.17, 15) is 18.0 Å². The van der Waals surface area contributed by atoms with Crippen molar-refractivity contribution >= 4 is 21.9 Å². The molecule has 9 heteroatoms. The molecule has 28 heavy (non-hydrogen) atoms. The van der Waals surface area contributed by atoms with Crippen LogP contribution in [0, 0.1) is 0 Å². The molecular weight excluding hydrogens is 384 g/mol. The quantitative estimate of drug-likeness (QED) is 0.529. The van der Waals surface area contributed by atoms with Gasteiger partial charge >= 0.3 is 5.97 Å². The molecule has 0 aromatic heterocycles. The zero-order valence-corrected chi connectivity index (χ0v) is 16.6. The molecular formula is C19H22N2O6S. The van der Waals surface area contributed by atoms with Gasteiger partial charge in [0.05, 0.1) is 17.6 Å². The Kier molecular flexibility index (Phi) is 7.27. The molecule has 1 N–H and O–H groups in total. The molecule has 0 aliphatic rings. The van der Waals surface area contributed by atoms with Gasteiger partial charge in [0.1, 0.15) is 0 Å². The summed E-state index contributed by atoms with van der Waals surface area (Å²) in [6.45, 7) is 1.78. The highest BCUT2D eigenvalue weighted by molar-refractivity contribution is 7.89. The lowest BCUT2D eigenvalue weighted by Crippen LogP contribution is -2.35. The summed E-state index contributed by atoms with van der Waals surface area (Å²) < 4.78 is 30.1. The molecule has 150 valence electrons. The van der Waals surface area contributed by atoms with Crippen LogP contribution in [-0.4, -0.2) is 45.0 Å². The number of sulfonamides is 1. The zero-order chi connectivity index (χ0) is 20.7. The van der Waals surface area contributed by atoms with Gasteiger partial charge in [-0.2, -0.15) is 0 Å². The fraction of sp³-hybridized carbons (Fsp3) is 0.263. The molecule has 0 unspecified atom stereocenters. The predicted octanol–water partition coefficient (Wildman–Crippen LogP) is 1.73. The third-order valence-electron chi connectivity index (χ3n) is 3.95. The van der Waals surface area contributed by atoms with Crippen LogP contribution in [-0.2, 0) is 30.9 Å². The third kappa shape index (κ3) is 5.38. The molecule has 0 radical (unpaired) electrons. The van der Waals surface area contributed by atoms with E-state index in [1.807, 2.05) is 30.3 Å². The molecule has 2 aromatic rings. The zero-order valence-electron chi connectivity index (χ0n) is 15.8. The highest BCUT2D eigenvalue weighted by atomic mass is 32.2. The van der Waals surface area contributed by atoms with E-state index in [2.05, 4.69) is 5.32 Å². The maximum atomic E-state index is 12.2. The molecule has 8 nitrogen and oxygen atoms in total. The second kappa shape index (κ2) is 9.45. The van der Waals surface area contributed by atoms with Gasteiger partial charge < -0.3 is 10.1 Å². The van der Waals surface area contributed by atoms with Crippen LogP contribution >= 0.6 is 0 Å². The molecule has 0 aliphatic carbocycles. The molecule has 1 atom stereocenters. The van der Waals surface area contributed by atoms with E-state index >= 15 is 0 Å². The minimum atomic E-state index is -3.81. The van der Waals surface area contributed by atoms with E-state index in [-0.39, 0.29) is 10.5 Å². The Morgan fingerprint density at radius 1 is 1.07 bits per heavy atom. The number of nitrogens with one attached hydrogen (secondary N) is 1. The van der Waals surface area contributed by atoms with Gasteiger partial charge in [-0.1, -0.05) is 34.8 Å². The summed E-state index contributed by atoms with van der Waals surface area (Å²) in [5.74, 6) is -1.16. The second-order valence-corrected chi connectivity index (χ2v) is 7.81. The Labute approximate surface area is 164 Å². The van der Waals surface area contributed by atoms with Crippen LogP contribution in [0.5, 0.6) is 0 Å². The Bertz CT molecular complexity index is 913. The first-order valence-electron chi connectivity index (χ1n) is 8.41. The first-order chi connectivity index (χ1) is 13.3. The number of carbonyl (C=O) groups excluding carboxylic acids is 2. The number of hydrogen-bond donors (Lipinski definition) is 1. The molecule has 0 aliphatic heterocycles. The van der Waals surface area contributed by atoms with Crippen LogP contribution in [0.1, 0.15) is 22.8 Å². The fourth-order valence-electron chi connectivity index (χ4n) is 2.22. The lowest BCUT2D eigenvalue weighted by Gasteiger charge is -2.15. The molecule has 0 saturated carbocycles. The van der Waals surface area contributed by atoms with Crippen LogP contribution in [0.15, 0.2) is 59.5 Å². The minimum absolute atomic E-state index is 0.0398. The Balaban J connectivity index is 1.95. The number of carbonyl (C=O) groups is 2. The summed E-state index contributed by atoms with van der Waals surface area (Å²) in [6, 6.07) is 14.5. The number of hydrogen-bond acceptors (Lipinski definition) is 6. The Morgan fingerprint density at radius 2 is 1.68 bits per heavy atom. The highest BCUT2D eigenvalue weighted by Crippen LogP contribution is 2.16. The topological polar surface area (TPSA) is 102 Å². The summed E-state index contributed by atoms with van der Waals surface area (Å²) in [5, 5.41) is 2.69. The van der Waals surface area contributed by atoms with Crippen molar-refractivity contribution in [2.75, 3.05) is 14.2 Å². The monoisotopic (exact) mass is 406 g/mol. The van der Waals surface area contributed by atoms with E-state index in [0.717, 1.165) is 5.56 Å². The number of esters is 1. The summed E-state index contributed by atoms with van der Waals surface area (Å²) in [7, 11) is -1.32. The van der Waals surface area contributed by atoms with Crippen molar-refractivity contribution in [2.45, 2.75) is 24.5 Å². The third-order valence-corrected chi connectivity index (χ3v) is 5.64. The smallest absolute Gasteiger partial charge is 0.338 e. The van der Waals surface area contributed by atoms with Gasteiger partial charge in [0.25, 0.3) is 15.9 Å². The molecule has 0 fully saturated rings. The number of amides is 1. The average molecular weight is 406 g/mol. The van der Waals surface area contributed by atoms with Crippen molar-refractivity contribution in [3.63, 3.8) is 0 Å². The molecule has 0 spiro atoms. The van der Waals surface area contributed by atoms with Crippen LogP contribution in [0.25, 0.3) is 0 Å². The standard InChI is InChI=1S/C19H22N2O6S/c1-14(18(22)20-13-15-7-5-4-6-8-15)27-19(23)16-9-11-17(12-10-16)28(24,25)21(2)26-3/h4-12,14H,13H2,1-3H3,(H,20,22)/t14-/m1/s1. The van der Waals surface area contributed by atoms with Gasteiger partial charge in [-0.25, -0.2) is 13.2 Å². The maximum absolute atomic E-state index is 12.2. The number of hydroxylamine groups is 1. The van der Waals surface area contributed by atoms with Crippen molar-refractivity contribution in [1.82, 2.24) is 9.79 Å². The maximum Gasteiger partial charge on any atom is 0.338 e. The highest BCUT2D eigenvalue weighted by Gasteiger charge is 2.22. The lowest BCUT2D eigenvalue weighted by molar-refractivity contribution is -0.129. The summed E-state index contributed by atoms with van der Waals surface area (Å²) >= 11 is 0. The van der Waals surface area contributed by atoms with Crippen LogP contribution in [0.2, 0.25) is 0 Å². The second-order valence-electron chi connectivity index (χ2n) is 5.87. The number of ether oxygens (including phenoxy) is 1. The van der Waals surface area contributed by atoms with Crippen LogP contribution < -0.4 is 5.32 Å². The molecule has 0 heterocycles. The first kappa shape index (κ1) is 21.5. The molecule has 0 saturated heterocycles. The number of benzene rings is 2. The van der Waals surface area contributed by atoms with E-state index in [1.165, 1.54) is 45.3 Å². The first-order valence-corrected chi connectivity index (χ1v) is 9.85. The van der Waals surface area contributed by atoms with Gasteiger partial charge in [0.2, 0.25) is 0 Å². The normalized spacial score (nSPS) is 12.4. The molecule has 0 bridgehead atoms. The van der Waals surface area contributed by atoms with Gasteiger partial charge in [-0.3, -0.25) is 9.63 Å². The molecule has 2 rings (SSSR count). The van der Waals surface area contributed by atoms with Crippen molar-refractivity contribution in [3.05, 3.63) is 65.7 Å². The van der Waals surface area contributed by atoms with Crippen LogP contribution in [0.3, 0.4) is 0 Å². The van der Waals surface area contributed by atoms with Crippen molar-refractivity contribution < 1.29 is 27.6 Å². The Hall–Kier alpha value is -2.75. The summed E-state index contributed by atoms with van der Waals surface area (Å²) in [6.07, 6.45) is -1.00. The number of rotatable bonds is 8. The van der Waals surface area contributed by atoms with E-state index in [0.29, 0.717) is 11.0 Å². The van der Waals surface area contributed by atoms with Crippen molar-refractivity contribution in [3.8, 4) is 0 Å². The van der Waals surface area contributed by atoms with Crippen molar-refractivity contribution in [2.24, 2.45) is 0 Å². The molecule has 2 aromatic carbocycles. The summed E-state index contributed by atoms with van der Waals surface area (Å²) in [4.78, 5) is 28.9. The van der Waals surface area contributed by atoms with Gasteiger partial charge in [0, 0.05) is 13.6 Å². The summed E-state index contributed by atoms with van der Waals surface area (Å²) in [5.41, 5.74) is 1.05. The van der Waals surface area contributed by atoms with Gasteiger partial charge in [0.15, 0.2) is 6.10 Å². The Morgan fingerprint density at radius 3 is 2.25 bits per heavy atom. The largest absolute Gasteiger partial charge is 0.449 e. The average Bonchev–Trinajstić information content (AvgIpc) is 2.71. The number of nitrogens with zero attached hydrogens (tertiary/aromatic N) is 1. The fourth-order valence-corrected chi connectivity index (χ4v) is 3.19. The minimum Gasteiger partial charge on any atom is -0.449 e. The SMILES string of the molecule is CON(C)S(=O)(=O)c1ccc(C(=O)O[C@H](C)C(=O)NCc2ccccc2)cc1. The van der Waals surface area contributed by atoms with Gasteiger partial charge in [-0.05, 0) is 36.8 Å². The van der Waals surface area contributed by atoms with Gasteiger partial charge in [-0.15, -0.1) is 0 Å². The van der Waals surface area contributed by atoms with E-state index in [4.69, 9.17) is 9.57 Å². The van der Waals surface area contributed by atoms with E-state index < -0.39 is 28.0 Å². The van der Waals surface area contributed by atoms with Crippen LogP contribution in [0.4, 0.5) is 0 Å². The van der Waals surface area contributed by atoms with Crippen molar-refractivity contribution in [1.29, 1.82) is 0 Å².